The number of rotatable bonds is 6. The first-order valence-corrected chi connectivity index (χ1v) is 11.1. The molecule has 0 fully saturated rings. The number of thiazole rings is 1. The molecule has 3 heterocycles. The summed E-state index contributed by atoms with van der Waals surface area (Å²) < 4.78 is 0. The largest absolute Gasteiger partial charge is 0.346 e. The van der Waals surface area contributed by atoms with Gasteiger partial charge in [0.25, 0.3) is 5.91 Å². The van der Waals surface area contributed by atoms with Crippen molar-refractivity contribution in [2.75, 3.05) is 25.5 Å². The predicted octanol–water partition coefficient (Wildman–Crippen LogP) is 2.11. The van der Waals surface area contributed by atoms with E-state index < -0.39 is 11.8 Å². The summed E-state index contributed by atoms with van der Waals surface area (Å²) in [5, 5.41) is 8.73. The first-order chi connectivity index (χ1) is 14.7. The molecule has 2 aromatic rings. The van der Waals surface area contributed by atoms with Crippen molar-refractivity contribution in [1.29, 1.82) is 0 Å². The van der Waals surface area contributed by atoms with Gasteiger partial charge in [-0.05, 0) is 25.1 Å². The van der Waals surface area contributed by atoms with Gasteiger partial charge in [-0.25, -0.2) is 9.97 Å². The van der Waals surface area contributed by atoms with Gasteiger partial charge in [0, 0.05) is 43.2 Å². The highest BCUT2D eigenvalue weighted by Crippen LogP contribution is 2.24. The molecule has 32 heavy (non-hydrogen) atoms. The first kappa shape index (κ1) is 26.0. The summed E-state index contributed by atoms with van der Waals surface area (Å²) in [5.41, 5.74) is 0.982. The Balaban J connectivity index is 0.00000363. The lowest BCUT2D eigenvalue weighted by Crippen LogP contribution is -2.48. The van der Waals surface area contributed by atoms with E-state index in [0.717, 1.165) is 30.1 Å². The molecule has 3 rings (SSSR count). The molecular formula is C20H26Cl2N6O3S. The van der Waals surface area contributed by atoms with Crippen LogP contribution in [0.3, 0.4) is 0 Å². The number of pyridine rings is 1. The van der Waals surface area contributed by atoms with Crippen LogP contribution < -0.4 is 16.0 Å². The lowest BCUT2D eigenvalue weighted by atomic mass is 10.0. The second-order valence-corrected chi connectivity index (χ2v) is 9.25. The van der Waals surface area contributed by atoms with Gasteiger partial charge in [-0.3, -0.25) is 14.4 Å². The van der Waals surface area contributed by atoms with E-state index in [9.17, 15) is 14.4 Å². The summed E-state index contributed by atoms with van der Waals surface area (Å²) in [6.45, 7) is 5.68. The maximum Gasteiger partial charge on any atom is 0.314 e. The van der Waals surface area contributed by atoms with Gasteiger partial charge in [-0.15, -0.1) is 23.7 Å². The van der Waals surface area contributed by atoms with Crippen molar-refractivity contribution in [3.63, 3.8) is 0 Å². The zero-order valence-electron chi connectivity index (χ0n) is 18.0. The van der Waals surface area contributed by atoms with Crippen LogP contribution in [-0.2, 0) is 22.6 Å². The summed E-state index contributed by atoms with van der Waals surface area (Å²) in [6, 6.07) is 2.69. The number of nitrogens with one attached hydrogen (secondary N) is 3. The number of amides is 3. The van der Waals surface area contributed by atoms with Crippen LogP contribution in [0.15, 0.2) is 18.3 Å². The number of carbonyl (C=O) groups is 3. The number of carbonyl (C=O) groups excluding carboxylic acids is 3. The zero-order chi connectivity index (χ0) is 22.5. The molecule has 0 spiro atoms. The summed E-state index contributed by atoms with van der Waals surface area (Å²) in [7, 11) is 2.04. The van der Waals surface area contributed by atoms with E-state index >= 15 is 0 Å². The van der Waals surface area contributed by atoms with Gasteiger partial charge in [0.15, 0.2) is 5.01 Å². The van der Waals surface area contributed by atoms with Crippen LogP contribution >= 0.6 is 35.3 Å². The number of aromatic nitrogens is 2. The number of hydrogen-bond donors (Lipinski definition) is 3. The van der Waals surface area contributed by atoms with Crippen molar-refractivity contribution in [2.45, 2.75) is 32.9 Å². The van der Waals surface area contributed by atoms with Gasteiger partial charge < -0.3 is 20.9 Å². The fourth-order valence-corrected chi connectivity index (χ4v) is 4.21. The Hall–Kier alpha value is -2.27. The summed E-state index contributed by atoms with van der Waals surface area (Å²) in [5.74, 6) is -1.68. The second-order valence-electron chi connectivity index (χ2n) is 7.73. The molecule has 3 amide bonds. The van der Waals surface area contributed by atoms with Crippen LogP contribution in [0.2, 0.25) is 5.02 Å². The number of likely N-dealkylation sites (N-methyl/N-ethyl adjacent to an activating group) is 1. The molecule has 9 nitrogen and oxygen atoms in total. The van der Waals surface area contributed by atoms with E-state index in [0.29, 0.717) is 10.0 Å². The number of fused-ring (bicyclic) bond motifs is 1. The number of nitrogens with zero attached hydrogens (tertiary/aromatic N) is 3. The third-order valence-corrected chi connectivity index (χ3v) is 6.20. The Morgan fingerprint density at radius 3 is 2.66 bits per heavy atom. The maximum absolute atomic E-state index is 12.7. The smallest absolute Gasteiger partial charge is 0.314 e. The Labute approximate surface area is 201 Å². The molecule has 174 valence electrons. The zero-order valence-corrected chi connectivity index (χ0v) is 20.4. The Bertz CT molecular complexity index is 967. The lowest BCUT2D eigenvalue weighted by Gasteiger charge is -2.22. The van der Waals surface area contributed by atoms with Gasteiger partial charge in [-0.1, -0.05) is 25.4 Å². The minimum absolute atomic E-state index is 0. The molecule has 0 aromatic carbocycles. The van der Waals surface area contributed by atoms with E-state index in [4.69, 9.17) is 11.6 Å². The van der Waals surface area contributed by atoms with Crippen LogP contribution in [0.1, 0.15) is 34.2 Å². The number of anilines is 1. The normalized spacial score (nSPS) is 14.2. The average Bonchev–Trinajstić information content (AvgIpc) is 3.15. The van der Waals surface area contributed by atoms with Crippen LogP contribution in [0.5, 0.6) is 0 Å². The summed E-state index contributed by atoms with van der Waals surface area (Å²) in [6.07, 6.45) is 2.20. The molecule has 1 aliphatic heterocycles. The minimum atomic E-state index is -0.847. The predicted molar refractivity (Wildman–Crippen MR) is 126 cm³/mol. The Morgan fingerprint density at radius 1 is 1.25 bits per heavy atom. The van der Waals surface area contributed by atoms with Crippen molar-refractivity contribution < 1.29 is 14.4 Å². The molecule has 0 radical (unpaired) electrons. The monoisotopic (exact) mass is 500 g/mol. The highest BCUT2D eigenvalue weighted by atomic mass is 35.5. The van der Waals surface area contributed by atoms with Gasteiger partial charge in [0.2, 0.25) is 0 Å². The van der Waals surface area contributed by atoms with Gasteiger partial charge in [0.05, 0.1) is 10.7 Å². The van der Waals surface area contributed by atoms with Crippen LogP contribution in [0.4, 0.5) is 5.82 Å². The van der Waals surface area contributed by atoms with E-state index in [1.807, 2.05) is 20.9 Å². The first-order valence-electron chi connectivity index (χ1n) is 9.91. The highest BCUT2D eigenvalue weighted by Gasteiger charge is 2.25. The van der Waals surface area contributed by atoms with Crippen LogP contribution in [0, 0.1) is 5.92 Å². The fraction of sp³-hybridized carbons (Fsp3) is 0.450. The highest BCUT2D eigenvalue weighted by molar-refractivity contribution is 7.13. The van der Waals surface area contributed by atoms with Crippen molar-refractivity contribution in [3.8, 4) is 0 Å². The van der Waals surface area contributed by atoms with Crippen LogP contribution in [-0.4, -0.2) is 58.8 Å². The molecular weight excluding hydrogens is 475 g/mol. The standard InChI is InChI=1S/C20H25ClN6O3S.ClH/c1-11(2)14(9-23-17(28)18(29)26-16-5-4-12(21)8-22-16)24-19(30)20-25-13-6-7-27(3)10-15(13)31-20;/h4-5,8,11,14H,6-7,9-10H2,1-3H3,(H,23,28)(H,24,30)(H,22,26,29);1H/t14-;/m0./s1. The minimum Gasteiger partial charge on any atom is -0.346 e. The maximum atomic E-state index is 12.7. The molecule has 1 atom stereocenters. The quantitative estimate of drug-likeness (QED) is 0.523. The number of hydrogen-bond acceptors (Lipinski definition) is 7. The Kier molecular flexibility index (Phi) is 9.38. The third kappa shape index (κ3) is 6.86. The van der Waals surface area contributed by atoms with Gasteiger partial charge in [-0.2, -0.15) is 0 Å². The van der Waals surface area contributed by atoms with E-state index in [1.165, 1.54) is 23.6 Å². The van der Waals surface area contributed by atoms with Gasteiger partial charge >= 0.3 is 11.8 Å². The fourth-order valence-electron chi connectivity index (χ4n) is 3.01. The van der Waals surface area contributed by atoms with Crippen molar-refractivity contribution in [1.82, 2.24) is 25.5 Å². The van der Waals surface area contributed by atoms with Gasteiger partial charge in [0.1, 0.15) is 5.82 Å². The number of halogens is 2. The molecule has 1 aliphatic rings. The summed E-state index contributed by atoms with van der Waals surface area (Å²) >= 11 is 7.15. The van der Waals surface area contributed by atoms with E-state index in [1.54, 1.807) is 6.07 Å². The van der Waals surface area contributed by atoms with Crippen LogP contribution in [0.25, 0.3) is 0 Å². The molecule has 0 unspecified atom stereocenters. The molecule has 3 N–H and O–H groups in total. The SMILES string of the molecule is CC(C)[C@H](CNC(=O)C(=O)Nc1ccc(Cl)cn1)NC(=O)c1nc2c(s1)CN(C)CC2.Cl. The molecule has 12 heteroatoms. The van der Waals surface area contributed by atoms with Crippen molar-refractivity contribution in [2.24, 2.45) is 5.92 Å². The molecule has 0 saturated heterocycles. The third-order valence-electron chi connectivity index (χ3n) is 4.90. The van der Waals surface area contributed by atoms with E-state index in [-0.39, 0.29) is 42.6 Å². The van der Waals surface area contributed by atoms with Crippen molar-refractivity contribution >= 4 is 58.9 Å². The molecule has 0 aliphatic carbocycles. The Morgan fingerprint density at radius 2 is 2.00 bits per heavy atom. The lowest BCUT2D eigenvalue weighted by molar-refractivity contribution is -0.136. The average molecular weight is 501 g/mol. The van der Waals surface area contributed by atoms with Crippen molar-refractivity contribution in [3.05, 3.63) is 38.9 Å². The molecule has 0 saturated carbocycles. The summed E-state index contributed by atoms with van der Waals surface area (Å²) in [4.78, 5) is 48.7. The van der Waals surface area contributed by atoms with E-state index in [2.05, 4.69) is 30.8 Å². The second kappa shape index (κ2) is 11.6. The molecule has 0 bridgehead atoms. The molecule has 2 aromatic heterocycles. The topological polar surface area (TPSA) is 116 Å².